The Morgan fingerprint density at radius 1 is 1.21 bits per heavy atom. The van der Waals surface area contributed by atoms with Crippen LogP contribution in [0.2, 0.25) is 0 Å². The van der Waals surface area contributed by atoms with Crippen molar-refractivity contribution in [2.75, 3.05) is 12.8 Å². The topological polar surface area (TPSA) is 113 Å². The van der Waals surface area contributed by atoms with E-state index in [1.54, 1.807) is 19.1 Å². The second kappa shape index (κ2) is 7.54. The Balaban J connectivity index is 1.54. The number of hydrogen-bond acceptors (Lipinski definition) is 5. The summed E-state index contributed by atoms with van der Waals surface area (Å²) >= 11 is 0. The van der Waals surface area contributed by atoms with Crippen LogP contribution < -0.4 is 10.6 Å². The molecule has 0 aromatic heterocycles. The van der Waals surface area contributed by atoms with E-state index < -0.39 is 21.4 Å². The van der Waals surface area contributed by atoms with Crippen molar-refractivity contribution in [1.82, 2.24) is 15.5 Å². The van der Waals surface area contributed by atoms with Crippen molar-refractivity contribution in [2.45, 2.75) is 55.5 Å². The zero-order valence-corrected chi connectivity index (χ0v) is 16.8. The summed E-state index contributed by atoms with van der Waals surface area (Å²) in [5.74, 6) is -0.514. The third-order valence-electron chi connectivity index (χ3n) is 5.45. The molecular formula is C19H25N3O5S. The van der Waals surface area contributed by atoms with Crippen molar-refractivity contribution in [1.29, 1.82) is 0 Å². The van der Waals surface area contributed by atoms with Crippen LogP contribution in [0.3, 0.4) is 0 Å². The summed E-state index contributed by atoms with van der Waals surface area (Å²) in [7, 11) is -3.27. The van der Waals surface area contributed by atoms with Crippen molar-refractivity contribution in [2.24, 2.45) is 0 Å². The van der Waals surface area contributed by atoms with E-state index in [9.17, 15) is 22.8 Å². The van der Waals surface area contributed by atoms with Gasteiger partial charge in [0.25, 0.3) is 5.91 Å². The van der Waals surface area contributed by atoms with Crippen LogP contribution in [0.4, 0.5) is 4.79 Å². The second-order valence-electron chi connectivity index (χ2n) is 7.56. The van der Waals surface area contributed by atoms with Gasteiger partial charge in [0, 0.05) is 19.2 Å². The molecule has 1 heterocycles. The van der Waals surface area contributed by atoms with Crippen LogP contribution in [0.15, 0.2) is 29.2 Å². The molecule has 1 aliphatic heterocycles. The minimum Gasteiger partial charge on any atom is -0.350 e. The lowest BCUT2D eigenvalue weighted by Gasteiger charge is -2.20. The van der Waals surface area contributed by atoms with Crippen molar-refractivity contribution in [3.8, 4) is 0 Å². The average molecular weight is 407 g/mol. The smallest absolute Gasteiger partial charge is 0.325 e. The van der Waals surface area contributed by atoms with Crippen molar-refractivity contribution in [3.05, 3.63) is 29.8 Å². The van der Waals surface area contributed by atoms with Crippen LogP contribution in [0.25, 0.3) is 0 Å². The van der Waals surface area contributed by atoms with E-state index in [1.807, 2.05) is 0 Å². The fraction of sp³-hybridized carbons (Fsp3) is 0.526. The quantitative estimate of drug-likeness (QED) is 0.695. The standard InChI is InChI=1S/C19H25N3O5S/c1-13(14-5-7-15(8-6-14)28(2,26)27)20-16(23)9-12-22-17(24)19(21-18(22)25)10-3-4-11-19/h5-8,13H,3-4,9-12H2,1-2H3,(H,20,23)(H,21,25)/t13-/m0/s1. The van der Waals surface area contributed by atoms with Crippen molar-refractivity contribution in [3.63, 3.8) is 0 Å². The lowest BCUT2D eigenvalue weighted by atomic mass is 9.98. The lowest BCUT2D eigenvalue weighted by molar-refractivity contribution is -0.131. The molecule has 2 fully saturated rings. The maximum Gasteiger partial charge on any atom is 0.325 e. The maximum absolute atomic E-state index is 12.6. The van der Waals surface area contributed by atoms with Gasteiger partial charge in [0.2, 0.25) is 5.91 Å². The number of rotatable bonds is 6. The Hall–Kier alpha value is -2.42. The minimum atomic E-state index is -3.27. The number of amides is 4. The van der Waals surface area contributed by atoms with Gasteiger partial charge in [0.1, 0.15) is 5.54 Å². The zero-order chi connectivity index (χ0) is 20.5. The van der Waals surface area contributed by atoms with Gasteiger partial charge in [-0.1, -0.05) is 25.0 Å². The Kier molecular flexibility index (Phi) is 5.47. The highest BCUT2D eigenvalue weighted by atomic mass is 32.2. The largest absolute Gasteiger partial charge is 0.350 e. The van der Waals surface area contributed by atoms with Crippen LogP contribution >= 0.6 is 0 Å². The highest BCUT2D eigenvalue weighted by Crippen LogP contribution is 2.35. The summed E-state index contributed by atoms with van der Waals surface area (Å²) in [4.78, 5) is 38.3. The number of hydrogen-bond donors (Lipinski definition) is 2. The summed E-state index contributed by atoms with van der Waals surface area (Å²) in [5.41, 5.74) is 0.00280. The third-order valence-corrected chi connectivity index (χ3v) is 6.58. The van der Waals surface area contributed by atoms with Gasteiger partial charge < -0.3 is 10.6 Å². The van der Waals surface area contributed by atoms with Crippen molar-refractivity contribution < 1.29 is 22.8 Å². The molecule has 2 aliphatic rings. The van der Waals surface area contributed by atoms with Gasteiger partial charge in [-0.3, -0.25) is 14.5 Å². The van der Waals surface area contributed by atoms with Crippen LogP contribution in [0.5, 0.6) is 0 Å². The number of carbonyl (C=O) groups excluding carboxylic acids is 3. The van der Waals surface area contributed by atoms with Gasteiger partial charge >= 0.3 is 6.03 Å². The molecule has 1 saturated heterocycles. The molecule has 4 amide bonds. The van der Waals surface area contributed by atoms with E-state index >= 15 is 0 Å². The molecule has 1 aliphatic carbocycles. The monoisotopic (exact) mass is 407 g/mol. The van der Waals surface area contributed by atoms with E-state index in [0.29, 0.717) is 12.8 Å². The Morgan fingerprint density at radius 2 is 1.82 bits per heavy atom. The van der Waals surface area contributed by atoms with E-state index in [2.05, 4.69) is 10.6 Å². The van der Waals surface area contributed by atoms with E-state index in [1.165, 1.54) is 12.1 Å². The predicted molar refractivity (Wildman–Crippen MR) is 102 cm³/mol. The molecule has 0 bridgehead atoms. The summed E-state index contributed by atoms with van der Waals surface area (Å²) in [6.07, 6.45) is 4.28. The molecule has 2 N–H and O–H groups in total. The first-order valence-corrected chi connectivity index (χ1v) is 11.2. The van der Waals surface area contributed by atoms with Crippen LogP contribution in [0, 0.1) is 0 Å². The average Bonchev–Trinajstić information content (AvgIpc) is 3.18. The summed E-state index contributed by atoms with van der Waals surface area (Å²) in [6, 6.07) is 5.56. The Morgan fingerprint density at radius 3 is 2.39 bits per heavy atom. The summed E-state index contributed by atoms with van der Waals surface area (Å²) in [5, 5.41) is 5.60. The molecule has 3 rings (SSSR count). The lowest BCUT2D eigenvalue weighted by Crippen LogP contribution is -2.44. The highest BCUT2D eigenvalue weighted by Gasteiger charge is 2.52. The van der Waals surface area contributed by atoms with Crippen LogP contribution in [-0.4, -0.2) is 49.5 Å². The molecular weight excluding hydrogens is 382 g/mol. The van der Waals surface area contributed by atoms with E-state index in [0.717, 1.165) is 29.6 Å². The number of urea groups is 1. The fourth-order valence-corrected chi connectivity index (χ4v) is 4.44. The molecule has 152 valence electrons. The predicted octanol–water partition coefficient (Wildman–Crippen LogP) is 1.52. The van der Waals surface area contributed by atoms with Crippen LogP contribution in [0.1, 0.15) is 50.6 Å². The zero-order valence-electron chi connectivity index (χ0n) is 16.0. The van der Waals surface area contributed by atoms with Gasteiger partial charge in [-0.2, -0.15) is 0 Å². The van der Waals surface area contributed by atoms with E-state index in [4.69, 9.17) is 0 Å². The van der Waals surface area contributed by atoms with Gasteiger partial charge in [-0.05, 0) is 37.5 Å². The number of sulfone groups is 1. The first-order chi connectivity index (χ1) is 13.1. The molecule has 1 aromatic rings. The Bertz CT molecular complexity index is 889. The van der Waals surface area contributed by atoms with Crippen molar-refractivity contribution >= 4 is 27.7 Å². The number of carbonyl (C=O) groups is 3. The molecule has 1 atom stereocenters. The molecule has 0 radical (unpaired) electrons. The minimum absolute atomic E-state index is 0.0149. The molecule has 1 saturated carbocycles. The number of nitrogens with zero attached hydrogens (tertiary/aromatic N) is 1. The molecule has 0 unspecified atom stereocenters. The number of benzene rings is 1. The number of imide groups is 1. The maximum atomic E-state index is 12.6. The number of nitrogens with one attached hydrogen (secondary N) is 2. The van der Waals surface area contributed by atoms with Gasteiger partial charge in [0.05, 0.1) is 10.9 Å². The first kappa shape index (κ1) is 20.3. The Labute approximate surface area is 164 Å². The molecule has 28 heavy (non-hydrogen) atoms. The van der Waals surface area contributed by atoms with Gasteiger partial charge in [0.15, 0.2) is 9.84 Å². The molecule has 1 aromatic carbocycles. The first-order valence-electron chi connectivity index (χ1n) is 9.36. The highest BCUT2D eigenvalue weighted by molar-refractivity contribution is 7.90. The normalized spacial score (nSPS) is 19.7. The van der Waals surface area contributed by atoms with Gasteiger partial charge in [-0.15, -0.1) is 0 Å². The summed E-state index contributed by atoms with van der Waals surface area (Å²) in [6.45, 7) is 1.83. The van der Waals surface area contributed by atoms with E-state index in [-0.39, 0.29) is 35.7 Å². The fourth-order valence-electron chi connectivity index (χ4n) is 3.81. The van der Waals surface area contributed by atoms with Crippen LogP contribution in [-0.2, 0) is 19.4 Å². The van der Waals surface area contributed by atoms with Gasteiger partial charge in [-0.25, -0.2) is 13.2 Å². The summed E-state index contributed by atoms with van der Waals surface area (Å²) < 4.78 is 23.0. The third kappa shape index (κ3) is 4.04. The molecule has 1 spiro atoms. The second-order valence-corrected chi connectivity index (χ2v) is 9.57. The SMILES string of the molecule is C[C@H](NC(=O)CCN1C(=O)NC2(CCCC2)C1=O)c1ccc(S(C)(=O)=O)cc1. The molecule has 9 heteroatoms. The molecule has 8 nitrogen and oxygen atoms in total.